The van der Waals surface area contributed by atoms with Crippen molar-refractivity contribution >= 4 is 11.9 Å². The molecule has 112 valence electrons. The third-order valence-electron chi connectivity index (χ3n) is 2.97. The molecule has 0 saturated heterocycles. The Morgan fingerprint density at radius 1 is 1.10 bits per heavy atom. The van der Waals surface area contributed by atoms with Gasteiger partial charge in [-0.05, 0) is 30.5 Å². The molecular formula is C14H18FN5O. The van der Waals surface area contributed by atoms with Crippen LogP contribution in [-0.2, 0) is 6.54 Å². The summed E-state index contributed by atoms with van der Waals surface area (Å²) in [4.78, 5) is 12.3. The molecule has 0 aliphatic rings. The SMILES string of the molecule is CNc1nc(NCc2cc(C)c(F)c(C)c2)nc(OC)n1. The molecule has 0 amide bonds. The van der Waals surface area contributed by atoms with Crippen LogP contribution in [0.2, 0.25) is 0 Å². The van der Waals surface area contributed by atoms with E-state index in [1.807, 2.05) is 0 Å². The van der Waals surface area contributed by atoms with Gasteiger partial charge >= 0.3 is 6.01 Å². The van der Waals surface area contributed by atoms with Gasteiger partial charge in [0.15, 0.2) is 0 Å². The fraction of sp³-hybridized carbons (Fsp3) is 0.357. The van der Waals surface area contributed by atoms with Crippen molar-refractivity contribution in [3.05, 3.63) is 34.6 Å². The average Bonchev–Trinajstić information content (AvgIpc) is 2.49. The van der Waals surface area contributed by atoms with Gasteiger partial charge in [-0.1, -0.05) is 12.1 Å². The first kappa shape index (κ1) is 15.0. The quantitative estimate of drug-likeness (QED) is 0.880. The summed E-state index contributed by atoms with van der Waals surface area (Å²) in [6.45, 7) is 3.98. The van der Waals surface area contributed by atoms with Crippen molar-refractivity contribution in [3.63, 3.8) is 0 Å². The molecule has 0 unspecified atom stereocenters. The van der Waals surface area contributed by atoms with Crippen molar-refractivity contribution in [2.75, 3.05) is 24.8 Å². The Bertz CT molecular complexity index is 602. The van der Waals surface area contributed by atoms with Crippen LogP contribution in [0.15, 0.2) is 12.1 Å². The molecule has 6 nitrogen and oxygen atoms in total. The van der Waals surface area contributed by atoms with Crippen molar-refractivity contribution < 1.29 is 9.13 Å². The summed E-state index contributed by atoms with van der Waals surface area (Å²) in [6.07, 6.45) is 0. The van der Waals surface area contributed by atoms with Gasteiger partial charge in [0.25, 0.3) is 0 Å². The van der Waals surface area contributed by atoms with Crippen molar-refractivity contribution in [2.24, 2.45) is 0 Å². The molecule has 1 aromatic heterocycles. The Hall–Kier alpha value is -2.44. The normalized spacial score (nSPS) is 10.3. The lowest BCUT2D eigenvalue weighted by Crippen LogP contribution is -2.09. The van der Waals surface area contributed by atoms with Gasteiger partial charge in [0.2, 0.25) is 11.9 Å². The molecule has 1 aromatic carbocycles. The lowest BCUT2D eigenvalue weighted by molar-refractivity contribution is 0.379. The second kappa shape index (κ2) is 6.34. The molecule has 2 N–H and O–H groups in total. The van der Waals surface area contributed by atoms with E-state index >= 15 is 0 Å². The predicted octanol–water partition coefficient (Wildman–Crippen LogP) is 2.29. The van der Waals surface area contributed by atoms with Gasteiger partial charge in [0, 0.05) is 13.6 Å². The molecule has 2 aromatic rings. The van der Waals surface area contributed by atoms with Crippen molar-refractivity contribution in [1.82, 2.24) is 15.0 Å². The Labute approximate surface area is 122 Å². The maximum atomic E-state index is 13.6. The summed E-state index contributed by atoms with van der Waals surface area (Å²) < 4.78 is 18.6. The number of benzene rings is 1. The van der Waals surface area contributed by atoms with Crippen LogP contribution in [-0.4, -0.2) is 29.1 Å². The number of halogens is 1. The van der Waals surface area contributed by atoms with Crippen LogP contribution in [0.25, 0.3) is 0 Å². The van der Waals surface area contributed by atoms with E-state index < -0.39 is 0 Å². The fourth-order valence-electron chi connectivity index (χ4n) is 1.96. The minimum Gasteiger partial charge on any atom is -0.467 e. The fourth-order valence-corrected chi connectivity index (χ4v) is 1.96. The van der Waals surface area contributed by atoms with Gasteiger partial charge in [-0.25, -0.2) is 4.39 Å². The number of hydrogen-bond acceptors (Lipinski definition) is 6. The number of nitrogens with one attached hydrogen (secondary N) is 2. The zero-order chi connectivity index (χ0) is 15.4. The smallest absolute Gasteiger partial charge is 0.322 e. The number of hydrogen-bond donors (Lipinski definition) is 2. The lowest BCUT2D eigenvalue weighted by atomic mass is 10.1. The van der Waals surface area contributed by atoms with Crippen LogP contribution in [0.5, 0.6) is 6.01 Å². The third kappa shape index (κ3) is 3.56. The Morgan fingerprint density at radius 2 is 1.71 bits per heavy atom. The summed E-state index contributed by atoms with van der Waals surface area (Å²) in [5, 5.41) is 5.91. The number of methoxy groups -OCH3 is 1. The highest BCUT2D eigenvalue weighted by molar-refractivity contribution is 5.37. The number of ether oxygens (including phenoxy) is 1. The molecule has 0 fully saturated rings. The van der Waals surface area contributed by atoms with Crippen LogP contribution in [0.3, 0.4) is 0 Å². The van der Waals surface area contributed by atoms with Gasteiger partial charge in [-0.2, -0.15) is 15.0 Å². The van der Waals surface area contributed by atoms with Gasteiger partial charge in [0.1, 0.15) is 5.82 Å². The summed E-state index contributed by atoms with van der Waals surface area (Å²) in [5.41, 5.74) is 2.20. The Morgan fingerprint density at radius 3 is 2.29 bits per heavy atom. The van der Waals surface area contributed by atoms with Gasteiger partial charge in [-0.15, -0.1) is 0 Å². The Kier molecular flexibility index (Phi) is 4.52. The highest BCUT2D eigenvalue weighted by Crippen LogP contribution is 2.16. The van der Waals surface area contributed by atoms with Crippen LogP contribution >= 0.6 is 0 Å². The standard InChI is InChI=1S/C14H18FN5O/c1-8-5-10(6-9(2)11(8)15)7-17-13-18-12(16-3)19-14(20-13)21-4/h5-6H,7H2,1-4H3,(H2,16,17,18,19,20). The molecule has 21 heavy (non-hydrogen) atoms. The van der Waals surface area contributed by atoms with E-state index in [1.165, 1.54) is 7.11 Å². The molecule has 0 bridgehead atoms. The zero-order valence-electron chi connectivity index (χ0n) is 12.5. The van der Waals surface area contributed by atoms with Crippen LogP contribution < -0.4 is 15.4 Å². The lowest BCUT2D eigenvalue weighted by Gasteiger charge is -2.10. The maximum Gasteiger partial charge on any atom is 0.322 e. The molecule has 0 aliphatic carbocycles. The van der Waals surface area contributed by atoms with Crippen LogP contribution in [0.1, 0.15) is 16.7 Å². The largest absolute Gasteiger partial charge is 0.467 e. The second-order valence-corrected chi connectivity index (χ2v) is 4.62. The van der Waals surface area contributed by atoms with Crippen molar-refractivity contribution in [3.8, 4) is 6.01 Å². The first-order valence-corrected chi connectivity index (χ1v) is 6.50. The molecule has 0 atom stereocenters. The van der Waals surface area contributed by atoms with E-state index in [1.54, 1.807) is 33.0 Å². The van der Waals surface area contributed by atoms with E-state index in [2.05, 4.69) is 25.6 Å². The summed E-state index contributed by atoms with van der Waals surface area (Å²) >= 11 is 0. The number of anilines is 2. The second-order valence-electron chi connectivity index (χ2n) is 4.62. The summed E-state index contributed by atoms with van der Waals surface area (Å²) in [6, 6.07) is 3.82. The minimum atomic E-state index is -0.168. The highest BCUT2D eigenvalue weighted by Gasteiger charge is 2.07. The molecule has 0 saturated carbocycles. The van der Waals surface area contributed by atoms with Gasteiger partial charge < -0.3 is 15.4 Å². The highest BCUT2D eigenvalue weighted by atomic mass is 19.1. The Balaban J connectivity index is 2.16. The van der Waals surface area contributed by atoms with E-state index in [-0.39, 0.29) is 11.8 Å². The average molecular weight is 291 g/mol. The third-order valence-corrected chi connectivity index (χ3v) is 2.97. The molecule has 0 radical (unpaired) electrons. The van der Waals surface area contributed by atoms with Crippen LogP contribution in [0.4, 0.5) is 16.3 Å². The first-order chi connectivity index (χ1) is 10.0. The summed E-state index contributed by atoms with van der Waals surface area (Å²) in [5.74, 6) is 0.639. The topological polar surface area (TPSA) is 72.0 Å². The van der Waals surface area contributed by atoms with Crippen LogP contribution in [0, 0.1) is 19.7 Å². The number of aryl methyl sites for hydroxylation is 2. The molecule has 0 aliphatic heterocycles. The molecule has 0 spiro atoms. The van der Waals surface area contributed by atoms with E-state index in [4.69, 9.17) is 4.74 Å². The maximum absolute atomic E-state index is 13.6. The van der Waals surface area contributed by atoms with E-state index in [0.29, 0.717) is 29.6 Å². The predicted molar refractivity (Wildman–Crippen MR) is 79.1 cm³/mol. The van der Waals surface area contributed by atoms with E-state index in [9.17, 15) is 4.39 Å². The monoisotopic (exact) mass is 291 g/mol. The number of nitrogens with zero attached hydrogens (tertiary/aromatic N) is 3. The van der Waals surface area contributed by atoms with Crippen molar-refractivity contribution in [2.45, 2.75) is 20.4 Å². The minimum absolute atomic E-state index is 0.168. The molecule has 7 heteroatoms. The van der Waals surface area contributed by atoms with Gasteiger partial charge in [0.05, 0.1) is 7.11 Å². The first-order valence-electron chi connectivity index (χ1n) is 6.50. The van der Waals surface area contributed by atoms with Crippen molar-refractivity contribution in [1.29, 1.82) is 0 Å². The zero-order valence-corrected chi connectivity index (χ0v) is 12.5. The molecule has 1 heterocycles. The summed E-state index contributed by atoms with van der Waals surface area (Å²) in [7, 11) is 3.20. The molecule has 2 rings (SSSR count). The molecular weight excluding hydrogens is 273 g/mol. The number of rotatable bonds is 5. The van der Waals surface area contributed by atoms with E-state index in [0.717, 1.165) is 5.56 Å². The number of aromatic nitrogens is 3. The van der Waals surface area contributed by atoms with Gasteiger partial charge in [-0.3, -0.25) is 0 Å².